The van der Waals surface area contributed by atoms with E-state index >= 15 is 0 Å². The van der Waals surface area contributed by atoms with Crippen molar-refractivity contribution in [2.45, 2.75) is 5.75 Å². The Kier molecular flexibility index (Phi) is 4.41. The van der Waals surface area contributed by atoms with Crippen LogP contribution in [-0.4, -0.2) is 16.8 Å². The number of carboxylic acid groups (broad SMARTS) is 1. The molecule has 0 atom stereocenters. The van der Waals surface area contributed by atoms with Gasteiger partial charge in [0.1, 0.15) is 5.82 Å². The second-order valence-electron chi connectivity index (χ2n) is 2.63. The van der Waals surface area contributed by atoms with Crippen LogP contribution < -0.4 is 0 Å². The Bertz CT molecular complexity index is 344. The summed E-state index contributed by atoms with van der Waals surface area (Å²) in [6.45, 7) is 0. The second kappa shape index (κ2) is 5.36. The molecule has 76 valence electrons. The molecule has 1 N–H and O–H groups in total. The lowest BCUT2D eigenvalue weighted by atomic mass is 10.2. The lowest BCUT2D eigenvalue weighted by molar-refractivity contribution is -0.133. The van der Waals surface area contributed by atoms with Crippen LogP contribution in [-0.2, 0) is 10.5 Å². The minimum Gasteiger partial charge on any atom is -0.481 e. The van der Waals surface area contributed by atoms with E-state index in [1.54, 1.807) is 12.1 Å². The predicted octanol–water partition coefficient (Wildman–Crippen LogP) is 2.91. The number of rotatable bonds is 4. The fourth-order valence-corrected chi connectivity index (χ4v) is 2.00. The summed E-state index contributed by atoms with van der Waals surface area (Å²) >= 11 is 4.35. The highest BCUT2D eigenvalue weighted by Crippen LogP contribution is 2.20. The van der Waals surface area contributed by atoms with Crippen molar-refractivity contribution < 1.29 is 14.3 Å². The predicted molar refractivity (Wildman–Crippen MR) is 57.9 cm³/mol. The van der Waals surface area contributed by atoms with Crippen LogP contribution >= 0.6 is 27.7 Å². The molecule has 1 aromatic rings. The summed E-state index contributed by atoms with van der Waals surface area (Å²) < 4.78 is 13.2. The first kappa shape index (κ1) is 11.5. The van der Waals surface area contributed by atoms with E-state index in [0.717, 1.165) is 5.56 Å². The quantitative estimate of drug-likeness (QED) is 0.920. The molecule has 0 radical (unpaired) electrons. The smallest absolute Gasteiger partial charge is 0.313 e. The fraction of sp³-hybridized carbons (Fsp3) is 0.222. The third kappa shape index (κ3) is 3.67. The molecule has 0 spiro atoms. The highest BCUT2D eigenvalue weighted by molar-refractivity contribution is 9.10. The molecule has 0 aliphatic heterocycles. The molecule has 0 heterocycles. The number of carboxylic acids is 1. The van der Waals surface area contributed by atoms with Gasteiger partial charge in [-0.05, 0) is 33.6 Å². The average Bonchev–Trinajstić information content (AvgIpc) is 2.10. The largest absolute Gasteiger partial charge is 0.481 e. The van der Waals surface area contributed by atoms with Gasteiger partial charge < -0.3 is 5.11 Å². The number of hydrogen-bond donors (Lipinski definition) is 1. The van der Waals surface area contributed by atoms with Gasteiger partial charge in [0.2, 0.25) is 0 Å². The van der Waals surface area contributed by atoms with Gasteiger partial charge in [-0.2, -0.15) is 0 Å². The third-order valence-electron chi connectivity index (χ3n) is 1.48. The van der Waals surface area contributed by atoms with E-state index in [0.29, 0.717) is 10.2 Å². The van der Waals surface area contributed by atoms with E-state index in [1.807, 2.05) is 0 Å². The van der Waals surface area contributed by atoms with Gasteiger partial charge >= 0.3 is 5.97 Å². The maximum Gasteiger partial charge on any atom is 0.313 e. The van der Waals surface area contributed by atoms with Crippen LogP contribution in [0, 0.1) is 5.82 Å². The van der Waals surface area contributed by atoms with Gasteiger partial charge in [0.25, 0.3) is 0 Å². The van der Waals surface area contributed by atoms with Gasteiger partial charge in [-0.1, -0.05) is 6.07 Å². The molecular weight excluding hydrogens is 271 g/mol. The molecule has 0 saturated carbocycles. The van der Waals surface area contributed by atoms with Gasteiger partial charge in [-0.15, -0.1) is 11.8 Å². The average molecular weight is 279 g/mol. The molecule has 0 fully saturated rings. The van der Waals surface area contributed by atoms with Crippen LogP contribution in [0.5, 0.6) is 0 Å². The SMILES string of the molecule is O=C(O)CSCc1ccc(F)c(Br)c1. The maximum atomic E-state index is 12.8. The lowest BCUT2D eigenvalue weighted by Gasteiger charge is -2.01. The molecule has 1 aromatic carbocycles. The van der Waals surface area contributed by atoms with Gasteiger partial charge in [-0.25, -0.2) is 4.39 Å². The molecule has 14 heavy (non-hydrogen) atoms. The molecule has 0 aliphatic carbocycles. The van der Waals surface area contributed by atoms with Gasteiger partial charge in [0.15, 0.2) is 0 Å². The minimum atomic E-state index is -0.837. The summed E-state index contributed by atoms with van der Waals surface area (Å²) in [4.78, 5) is 10.2. The number of thioether (sulfide) groups is 1. The van der Waals surface area contributed by atoms with Crippen molar-refractivity contribution in [3.63, 3.8) is 0 Å². The van der Waals surface area contributed by atoms with Crippen LogP contribution in [0.1, 0.15) is 5.56 Å². The summed E-state index contributed by atoms with van der Waals surface area (Å²) in [6, 6.07) is 4.67. The van der Waals surface area contributed by atoms with Crippen molar-refractivity contribution >= 4 is 33.7 Å². The minimum absolute atomic E-state index is 0.0645. The van der Waals surface area contributed by atoms with Crippen LogP contribution in [0.15, 0.2) is 22.7 Å². The van der Waals surface area contributed by atoms with E-state index in [2.05, 4.69) is 15.9 Å². The molecule has 0 aromatic heterocycles. The zero-order chi connectivity index (χ0) is 10.6. The number of hydrogen-bond acceptors (Lipinski definition) is 2. The van der Waals surface area contributed by atoms with Gasteiger partial charge in [-0.3, -0.25) is 4.79 Å². The molecule has 2 nitrogen and oxygen atoms in total. The Morgan fingerprint density at radius 3 is 2.86 bits per heavy atom. The van der Waals surface area contributed by atoms with E-state index in [1.165, 1.54) is 17.8 Å². The highest BCUT2D eigenvalue weighted by Gasteiger charge is 2.02. The first-order valence-electron chi connectivity index (χ1n) is 3.83. The summed E-state index contributed by atoms with van der Waals surface area (Å²) in [5.41, 5.74) is 0.907. The highest BCUT2D eigenvalue weighted by atomic mass is 79.9. The van der Waals surface area contributed by atoms with Crippen LogP contribution in [0.25, 0.3) is 0 Å². The standard InChI is InChI=1S/C9H8BrFO2S/c10-7-3-6(1-2-8(7)11)4-14-5-9(12)13/h1-3H,4-5H2,(H,12,13). The van der Waals surface area contributed by atoms with Crippen molar-refractivity contribution in [1.82, 2.24) is 0 Å². The molecule has 0 amide bonds. The normalized spacial score (nSPS) is 10.1. The molecule has 0 saturated heterocycles. The number of benzene rings is 1. The molecular formula is C9H8BrFO2S. The molecule has 0 aliphatic rings. The first-order valence-corrected chi connectivity index (χ1v) is 5.78. The first-order chi connectivity index (χ1) is 6.59. The lowest BCUT2D eigenvalue weighted by Crippen LogP contribution is -1.98. The van der Waals surface area contributed by atoms with Gasteiger partial charge in [0, 0.05) is 5.75 Å². The summed E-state index contributed by atoms with van der Waals surface area (Å²) in [6.07, 6.45) is 0. The van der Waals surface area contributed by atoms with E-state index < -0.39 is 5.97 Å². The Morgan fingerprint density at radius 1 is 1.57 bits per heavy atom. The van der Waals surface area contributed by atoms with Crippen molar-refractivity contribution in [1.29, 1.82) is 0 Å². The van der Waals surface area contributed by atoms with Crippen molar-refractivity contribution in [3.05, 3.63) is 34.1 Å². The molecule has 0 unspecified atom stereocenters. The summed E-state index contributed by atoms with van der Waals surface area (Å²) in [5.74, 6) is -0.506. The van der Waals surface area contributed by atoms with Gasteiger partial charge in [0.05, 0.1) is 10.2 Å². The second-order valence-corrected chi connectivity index (χ2v) is 4.47. The summed E-state index contributed by atoms with van der Waals surface area (Å²) in [7, 11) is 0. The van der Waals surface area contributed by atoms with Crippen LogP contribution in [0.3, 0.4) is 0 Å². The summed E-state index contributed by atoms with van der Waals surface area (Å²) in [5, 5.41) is 8.40. The Labute approximate surface area is 93.6 Å². The topological polar surface area (TPSA) is 37.3 Å². The van der Waals surface area contributed by atoms with Crippen molar-refractivity contribution in [2.24, 2.45) is 0 Å². The zero-order valence-corrected chi connectivity index (χ0v) is 9.57. The Hall–Kier alpha value is -0.550. The fourth-order valence-electron chi connectivity index (χ4n) is 0.886. The van der Waals surface area contributed by atoms with E-state index in [-0.39, 0.29) is 11.6 Å². The van der Waals surface area contributed by atoms with Crippen molar-refractivity contribution in [2.75, 3.05) is 5.75 Å². The van der Waals surface area contributed by atoms with Crippen LogP contribution in [0.4, 0.5) is 4.39 Å². The Morgan fingerprint density at radius 2 is 2.29 bits per heavy atom. The molecule has 1 rings (SSSR count). The van der Waals surface area contributed by atoms with Crippen molar-refractivity contribution in [3.8, 4) is 0 Å². The monoisotopic (exact) mass is 278 g/mol. The molecule has 5 heteroatoms. The maximum absolute atomic E-state index is 12.8. The van der Waals surface area contributed by atoms with Crippen LogP contribution in [0.2, 0.25) is 0 Å². The zero-order valence-electron chi connectivity index (χ0n) is 7.17. The third-order valence-corrected chi connectivity index (χ3v) is 3.07. The Balaban J connectivity index is 2.51. The number of halogens is 2. The van der Waals surface area contributed by atoms with E-state index in [4.69, 9.17) is 5.11 Å². The number of aliphatic carboxylic acids is 1. The molecule has 0 bridgehead atoms. The van der Waals surface area contributed by atoms with E-state index in [9.17, 15) is 9.18 Å². The number of carbonyl (C=O) groups is 1.